The van der Waals surface area contributed by atoms with Crippen LogP contribution in [-0.2, 0) is 11.0 Å². The molecular weight excluding hydrogens is 582 g/mol. The molecule has 1 aromatic heterocycles. The van der Waals surface area contributed by atoms with Crippen LogP contribution < -0.4 is 10.6 Å². The normalized spacial score (nSPS) is 30.4. The van der Waals surface area contributed by atoms with Crippen molar-refractivity contribution < 1.29 is 36.6 Å². The number of nitrogens with one attached hydrogen (secondary N) is 2. The fraction of sp³-hybridized carbons (Fsp3) is 0.538. The molecule has 0 radical (unpaired) electrons. The number of amides is 2. The van der Waals surface area contributed by atoms with E-state index in [-0.39, 0.29) is 47.7 Å². The summed E-state index contributed by atoms with van der Waals surface area (Å²) < 4.78 is 69.3. The molecule has 3 saturated carbocycles. The van der Waals surface area contributed by atoms with E-state index in [1.807, 2.05) is 0 Å². The van der Waals surface area contributed by atoms with Crippen LogP contribution in [0.3, 0.4) is 0 Å². The number of alkyl halides is 4. The molecule has 5 rings (SSSR count). The lowest BCUT2D eigenvalue weighted by atomic mass is 9.74. The third kappa shape index (κ3) is 5.37. The molecule has 14 heteroatoms. The quantitative estimate of drug-likeness (QED) is 0.304. The number of aliphatic hydroxyl groups is 1. The third-order valence-corrected chi connectivity index (χ3v) is 9.33. The lowest BCUT2D eigenvalue weighted by molar-refractivity contribution is -0.138. The number of rotatable bonds is 6. The van der Waals surface area contributed by atoms with Crippen LogP contribution in [0.15, 0.2) is 24.4 Å². The van der Waals surface area contributed by atoms with Crippen molar-refractivity contribution in [2.75, 3.05) is 0 Å². The Kier molecular flexibility index (Phi) is 7.50. The first-order chi connectivity index (χ1) is 18.7. The zero-order chi connectivity index (χ0) is 29.0. The summed E-state index contributed by atoms with van der Waals surface area (Å²) in [6.07, 6.45) is -4.11. The highest BCUT2D eigenvalue weighted by atomic mass is 35.5. The monoisotopic (exact) mass is 606 g/mol. The van der Waals surface area contributed by atoms with E-state index in [1.54, 1.807) is 0 Å². The highest BCUT2D eigenvalue weighted by molar-refractivity contribution is 6.42. The molecule has 2 aromatic rings. The number of fused-ring (bicyclic) bond motifs is 2. The van der Waals surface area contributed by atoms with Gasteiger partial charge in [0, 0.05) is 11.5 Å². The maximum atomic E-state index is 15.2. The molecule has 0 saturated heterocycles. The van der Waals surface area contributed by atoms with Gasteiger partial charge in [-0.25, -0.2) is 8.78 Å². The molecule has 0 unspecified atom stereocenters. The van der Waals surface area contributed by atoms with Crippen molar-refractivity contribution >= 4 is 35.0 Å². The van der Waals surface area contributed by atoms with E-state index in [0.29, 0.717) is 25.1 Å². The van der Waals surface area contributed by atoms with Crippen molar-refractivity contribution in [3.8, 4) is 0 Å². The lowest BCUT2D eigenvalue weighted by Crippen LogP contribution is -2.42. The molecule has 3 fully saturated rings. The van der Waals surface area contributed by atoms with E-state index >= 15 is 8.78 Å². The predicted molar refractivity (Wildman–Crippen MR) is 134 cm³/mol. The molecule has 1 aromatic carbocycles. The highest BCUT2D eigenvalue weighted by Crippen LogP contribution is 2.64. The molecule has 7 nitrogen and oxygen atoms in total. The molecule has 2 bridgehead atoms. The maximum Gasteiger partial charge on any atom is 0.418 e. The van der Waals surface area contributed by atoms with Crippen molar-refractivity contribution in [1.82, 2.24) is 20.8 Å². The number of hydrogen-bond donors (Lipinski definition) is 3. The smallest absolute Gasteiger partial charge is 0.391 e. The molecule has 4 atom stereocenters. The minimum atomic E-state index is -4.73. The molecule has 3 N–H and O–H groups in total. The zero-order valence-corrected chi connectivity index (χ0v) is 22.4. The largest absolute Gasteiger partial charge is 0.418 e. The minimum Gasteiger partial charge on any atom is -0.391 e. The Balaban J connectivity index is 1.33. The average molecular weight is 607 g/mol. The van der Waals surface area contributed by atoms with E-state index in [1.165, 1.54) is 6.07 Å². The van der Waals surface area contributed by atoms with Gasteiger partial charge in [-0.1, -0.05) is 23.2 Å². The van der Waals surface area contributed by atoms with Crippen LogP contribution >= 0.6 is 23.2 Å². The molecule has 0 aliphatic heterocycles. The minimum absolute atomic E-state index is 0.0276. The summed E-state index contributed by atoms with van der Waals surface area (Å²) in [5.74, 6) is -3.10. The van der Waals surface area contributed by atoms with E-state index in [4.69, 9.17) is 23.2 Å². The second kappa shape index (κ2) is 10.4. The van der Waals surface area contributed by atoms with E-state index in [9.17, 15) is 27.9 Å². The number of carbonyl (C=O) groups excluding carboxylic acids is 2. The zero-order valence-electron chi connectivity index (χ0n) is 20.9. The van der Waals surface area contributed by atoms with Gasteiger partial charge < -0.3 is 15.7 Å². The van der Waals surface area contributed by atoms with Gasteiger partial charge in [0.1, 0.15) is 11.5 Å². The van der Waals surface area contributed by atoms with Gasteiger partial charge in [-0.05, 0) is 68.6 Å². The fourth-order valence-corrected chi connectivity index (χ4v) is 6.86. The van der Waals surface area contributed by atoms with Gasteiger partial charge >= 0.3 is 6.18 Å². The standard InChI is InChI=1S/C26H25Cl2F5N4O3/c27-14-1-2-15(29)19(20(14)28)21(24-3-5-25(30,11-24)6-4-24)36-22(39)12-7-16(18(38)8-12)35-23(40)17-9-13(10-34-37-17)26(31,32)33/h1-2,9-10,12,16,18,21,38H,3-8,11H2,(H,35,40)(H,36,39)/t12-,16-,18+,21+,24?,25?/m0/s1. The Morgan fingerprint density at radius 3 is 2.45 bits per heavy atom. The van der Waals surface area contributed by atoms with Gasteiger partial charge in [-0.3, -0.25) is 9.59 Å². The van der Waals surface area contributed by atoms with Crippen molar-refractivity contribution in [3.05, 3.63) is 57.1 Å². The Morgan fingerprint density at radius 2 is 1.82 bits per heavy atom. The number of hydrogen-bond acceptors (Lipinski definition) is 5. The fourth-order valence-electron chi connectivity index (χ4n) is 6.43. The molecule has 3 aliphatic carbocycles. The first-order valence-corrected chi connectivity index (χ1v) is 13.5. The van der Waals surface area contributed by atoms with Gasteiger partial charge in [0.15, 0.2) is 5.69 Å². The van der Waals surface area contributed by atoms with Crippen LogP contribution in [0, 0.1) is 17.2 Å². The van der Waals surface area contributed by atoms with Crippen LogP contribution in [0.1, 0.15) is 72.6 Å². The van der Waals surface area contributed by atoms with E-state index in [2.05, 4.69) is 20.8 Å². The molecule has 1 heterocycles. The Labute approximate surface area is 235 Å². The number of halogens is 7. The number of nitrogens with zero attached hydrogens (tertiary/aromatic N) is 2. The Bertz CT molecular complexity index is 1340. The van der Waals surface area contributed by atoms with Crippen LogP contribution in [0.2, 0.25) is 10.0 Å². The first-order valence-electron chi connectivity index (χ1n) is 12.7. The molecule has 2 amide bonds. The Hall–Kier alpha value is -2.57. The van der Waals surface area contributed by atoms with Crippen molar-refractivity contribution in [3.63, 3.8) is 0 Å². The first kappa shape index (κ1) is 28.9. The van der Waals surface area contributed by atoms with E-state index in [0.717, 1.165) is 6.07 Å². The summed E-state index contributed by atoms with van der Waals surface area (Å²) in [7, 11) is 0. The number of carbonyl (C=O) groups is 2. The number of aliphatic hydroxyl groups excluding tert-OH is 1. The van der Waals surface area contributed by atoms with Crippen LogP contribution in [-0.4, -0.2) is 44.9 Å². The lowest BCUT2D eigenvalue weighted by Gasteiger charge is -2.38. The van der Waals surface area contributed by atoms with Gasteiger partial charge in [0.25, 0.3) is 5.91 Å². The second-order valence-electron chi connectivity index (χ2n) is 11.0. The molecule has 216 valence electrons. The van der Waals surface area contributed by atoms with Crippen molar-refractivity contribution in [2.24, 2.45) is 11.3 Å². The van der Waals surface area contributed by atoms with Gasteiger partial charge in [-0.2, -0.15) is 18.3 Å². The van der Waals surface area contributed by atoms with Crippen LogP contribution in [0.4, 0.5) is 22.0 Å². The van der Waals surface area contributed by atoms with Crippen molar-refractivity contribution in [1.29, 1.82) is 0 Å². The molecule has 3 aliphatic rings. The van der Waals surface area contributed by atoms with Gasteiger partial charge in [-0.15, -0.1) is 5.10 Å². The summed E-state index contributed by atoms with van der Waals surface area (Å²) >= 11 is 12.6. The summed E-state index contributed by atoms with van der Waals surface area (Å²) in [5, 5.41) is 22.5. The topological polar surface area (TPSA) is 104 Å². The summed E-state index contributed by atoms with van der Waals surface area (Å²) in [5.41, 5.74) is -3.98. The SMILES string of the molecule is O=C(N[C@H]1C[C@H](C(=O)N[C@H](c2c(F)ccc(Cl)c2Cl)C23CCC(F)(CC2)C3)C[C@H]1O)c1cc(C(F)(F)F)cnn1. The molecule has 0 spiro atoms. The van der Waals surface area contributed by atoms with Gasteiger partial charge in [0.05, 0.1) is 40.0 Å². The van der Waals surface area contributed by atoms with Crippen LogP contribution in [0.25, 0.3) is 0 Å². The van der Waals surface area contributed by atoms with Crippen molar-refractivity contribution in [2.45, 2.75) is 75.0 Å². The number of aromatic nitrogens is 2. The Morgan fingerprint density at radius 1 is 1.12 bits per heavy atom. The summed E-state index contributed by atoms with van der Waals surface area (Å²) in [4.78, 5) is 26.0. The molecule has 40 heavy (non-hydrogen) atoms. The second-order valence-corrected chi connectivity index (χ2v) is 11.8. The maximum absolute atomic E-state index is 15.2. The van der Waals surface area contributed by atoms with E-state index < -0.39 is 70.3 Å². The van der Waals surface area contributed by atoms with Gasteiger partial charge in [0.2, 0.25) is 5.91 Å². The molecular formula is C26H25Cl2F5N4O3. The highest BCUT2D eigenvalue weighted by Gasteiger charge is 2.59. The predicted octanol–water partition coefficient (Wildman–Crippen LogP) is 5.34. The summed E-state index contributed by atoms with van der Waals surface area (Å²) in [6.45, 7) is 0. The van der Waals surface area contributed by atoms with Crippen LogP contribution in [0.5, 0.6) is 0 Å². The summed E-state index contributed by atoms with van der Waals surface area (Å²) in [6, 6.07) is 0.997. The third-order valence-electron chi connectivity index (χ3n) is 8.51. The number of benzene rings is 1. The average Bonchev–Trinajstić information content (AvgIpc) is 3.56.